The van der Waals surface area contributed by atoms with Crippen LogP contribution in [0.5, 0.6) is 0 Å². The van der Waals surface area contributed by atoms with Crippen LogP contribution < -0.4 is 16.0 Å². The Morgan fingerprint density at radius 1 is 1.42 bits per heavy atom. The van der Waals surface area contributed by atoms with Gasteiger partial charge in [0.15, 0.2) is 0 Å². The number of rotatable bonds is 5. The summed E-state index contributed by atoms with van der Waals surface area (Å²) in [7, 11) is 1.73. The van der Waals surface area contributed by atoms with Gasteiger partial charge in [-0.2, -0.15) is 0 Å². The molecule has 0 aromatic carbocycles. The second kappa shape index (κ2) is 5.69. The van der Waals surface area contributed by atoms with Gasteiger partial charge in [0.1, 0.15) is 6.04 Å². The minimum absolute atomic E-state index is 0.147. The van der Waals surface area contributed by atoms with E-state index in [1.807, 2.05) is 0 Å². The molecule has 2 amide bonds. The molecule has 1 aliphatic carbocycles. The van der Waals surface area contributed by atoms with Gasteiger partial charge in [0, 0.05) is 31.2 Å². The van der Waals surface area contributed by atoms with Crippen LogP contribution in [0.3, 0.4) is 0 Å². The summed E-state index contributed by atoms with van der Waals surface area (Å²) in [5.41, 5.74) is 1.11. The zero-order valence-corrected chi connectivity index (χ0v) is 11.1. The molecular weight excluding hydrogens is 244 g/mol. The molecule has 0 spiro atoms. The Balaban J connectivity index is 1.97. The highest BCUT2D eigenvalue weighted by Crippen LogP contribution is 2.18. The molecule has 0 radical (unpaired) electrons. The number of hydrogen-bond donors (Lipinski definition) is 3. The molecule has 0 bridgehead atoms. The van der Waals surface area contributed by atoms with E-state index in [0.717, 1.165) is 12.8 Å². The predicted octanol–water partition coefficient (Wildman–Crippen LogP) is 0.520. The molecule has 1 saturated carbocycles. The number of aromatic nitrogens is 1. The summed E-state index contributed by atoms with van der Waals surface area (Å²) >= 11 is 0. The van der Waals surface area contributed by atoms with Crippen molar-refractivity contribution in [1.29, 1.82) is 0 Å². The molecule has 1 aliphatic rings. The summed E-state index contributed by atoms with van der Waals surface area (Å²) in [6, 6.07) is 1.44. The van der Waals surface area contributed by atoms with Crippen molar-refractivity contribution in [2.24, 2.45) is 0 Å². The van der Waals surface area contributed by atoms with Crippen molar-refractivity contribution in [3.8, 4) is 0 Å². The fourth-order valence-corrected chi connectivity index (χ4v) is 1.69. The first-order valence-electron chi connectivity index (χ1n) is 6.35. The fourth-order valence-electron chi connectivity index (χ4n) is 1.69. The molecule has 102 valence electrons. The lowest BCUT2D eigenvalue weighted by Gasteiger charge is -2.15. The normalized spacial score (nSPS) is 15.5. The first-order valence-corrected chi connectivity index (χ1v) is 6.35. The Kier molecular flexibility index (Phi) is 3.99. The van der Waals surface area contributed by atoms with Gasteiger partial charge in [-0.3, -0.25) is 14.6 Å². The number of anilines is 1. The Morgan fingerprint density at radius 2 is 2.16 bits per heavy atom. The van der Waals surface area contributed by atoms with Crippen LogP contribution in [0.4, 0.5) is 5.69 Å². The highest BCUT2D eigenvalue weighted by Gasteiger charge is 2.26. The Bertz CT molecular complexity index is 485. The van der Waals surface area contributed by atoms with E-state index in [-0.39, 0.29) is 17.9 Å². The quantitative estimate of drug-likeness (QED) is 0.722. The van der Waals surface area contributed by atoms with Crippen molar-refractivity contribution in [2.45, 2.75) is 31.8 Å². The number of nitrogens with zero attached hydrogens (tertiary/aromatic N) is 1. The highest BCUT2D eigenvalue weighted by atomic mass is 16.2. The van der Waals surface area contributed by atoms with E-state index in [2.05, 4.69) is 20.9 Å². The molecule has 1 atom stereocenters. The fraction of sp³-hybridized carbons (Fsp3) is 0.462. The summed E-state index contributed by atoms with van der Waals surface area (Å²) in [6.45, 7) is 1.67. The molecular formula is C13H18N4O2. The first kappa shape index (κ1) is 13.3. The van der Waals surface area contributed by atoms with E-state index in [1.165, 1.54) is 6.20 Å². The minimum Gasteiger partial charge on any atom is -0.387 e. The molecule has 19 heavy (non-hydrogen) atoms. The van der Waals surface area contributed by atoms with Gasteiger partial charge in [-0.1, -0.05) is 0 Å². The van der Waals surface area contributed by atoms with Crippen molar-refractivity contribution in [3.63, 3.8) is 0 Å². The van der Waals surface area contributed by atoms with Crippen LogP contribution in [0.2, 0.25) is 0 Å². The van der Waals surface area contributed by atoms with Crippen molar-refractivity contribution >= 4 is 17.5 Å². The molecule has 1 unspecified atom stereocenters. The summed E-state index contributed by atoms with van der Waals surface area (Å²) in [5.74, 6) is -0.457. The number of carbonyl (C=O) groups excluding carboxylic acids is 2. The van der Waals surface area contributed by atoms with E-state index in [0.29, 0.717) is 11.3 Å². The Hall–Kier alpha value is -2.11. The summed E-state index contributed by atoms with van der Waals surface area (Å²) in [5, 5.41) is 8.45. The van der Waals surface area contributed by atoms with Gasteiger partial charge >= 0.3 is 0 Å². The first-order chi connectivity index (χ1) is 9.11. The lowest BCUT2D eigenvalue weighted by atomic mass is 10.2. The molecule has 1 heterocycles. The molecule has 1 fully saturated rings. The van der Waals surface area contributed by atoms with Gasteiger partial charge in [0.25, 0.3) is 5.91 Å². The largest absolute Gasteiger partial charge is 0.387 e. The van der Waals surface area contributed by atoms with Gasteiger partial charge in [-0.05, 0) is 25.8 Å². The van der Waals surface area contributed by atoms with Crippen LogP contribution in [-0.4, -0.2) is 35.9 Å². The lowest BCUT2D eigenvalue weighted by molar-refractivity contribution is -0.122. The van der Waals surface area contributed by atoms with Crippen molar-refractivity contribution in [3.05, 3.63) is 24.0 Å². The molecule has 6 heteroatoms. The third-order valence-electron chi connectivity index (χ3n) is 3.00. The maximum absolute atomic E-state index is 12.1. The molecule has 3 N–H and O–H groups in total. The van der Waals surface area contributed by atoms with Gasteiger partial charge in [-0.15, -0.1) is 0 Å². The Labute approximate surface area is 112 Å². The average molecular weight is 262 g/mol. The molecule has 0 aliphatic heterocycles. The number of nitrogens with one attached hydrogen (secondary N) is 3. The standard InChI is InChI=1S/C13H18N4O2/c1-8(12(18)17-9-3-4-9)16-13(19)10-7-15-6-5-11(10)14-2/h5-9H,3-4H2,1-2H3,(H,14,15)(H,16,19)(H,17,18). The van der Waals surface area contributed by atoms with Crippen molar-refractivity contribution in [1.82, 2.24) is 15.6 Å². The second-order valence-electron chi connectivity index (χ2n) is 4.65. The number of hydrogen-bond acceptors (Lipinski definition) is 4. The summed E-state index contributed by atoms with van der Waals surface area (Å²) in [4.78, 5) is 27.8. The second-order valence-corrected chi connectivity index (χ2v) is 4.65. The third-order valence-corrected chi connectivity index (χ3v) is 3.00. The highest BCUT2D eigenvalue weighted by molar-refractivity contribution is 6.01. The number of carbonyl (C=O) groups is 2. The number of pyridine rings is 1. The Morgan fingerprint density at radius 3 is 2.79 bits per heavy atom. The molecule has 2 rings (SSSR count). The van der Waals surface area contributed by atoms with E-state index in [4.69, 9.17) is 0 Å². The van der Waals surface area contributed by atoms with Crippen molar-refractivity contribution in [2.75, 3.05) is 12.4 Å². The summed E-state index contributed by atoms with van der Waals surface area (Å²) in [6.07, 6.45) is 5.14. The van der Waals surface area contributed by atoms with Gasteiger partial charge < -0.3 is 16.0 Å². The van der Waals surface area contributed by atoms with Gasteiger partial charge in [-0.25, -0.2) is 0 Å². The van der Waals surface area contributed by atoms with Crippen LogP contribution in [0.15, 0.2) is 18.5 Å². The molecule has 1 aromatic heterocycles. The van der Waals surface area contributed by atoms with Crippen LogP contribution in [0.1, 0.15) is 30.1 Å². The third kappa shape index (κ3) is 3.43. The predicted molar refractivity (Wildman–Crippen MR) is 71.9 cm³/mol. The number of amides is 2. The van der Waals surface area contributed by atoms with Crippen LogP contribution in [0, 0.1) is 0 Å². The molecule has 6 nitrogen and oxygen atoms in total. The minimum atomic E-state index is -0.557. The smallest absolute Gasteiger partial charge is 0.255 e. The average Bonchev–Trinajstić information content (AvgIpc) is 3.22. The van der Waals surface area contributed by atoms with E-state index in [9.17, 15) is 9.59 Å². The van der Waals surface area contributed by atoms with Crippen LogP contribution >= 0.6 is 0 Å². The SMILES string of the molecule is CNc1ccncc1C(=O)NC(C)C(=O)NC1CC1. The lowest BCUT2D eigenvalue weighted by Crippen LogP contribution is -2.45. The monoisotopic (exact) mass is 262 g/mol. The molecule has 0 saturated heterocycles. The van der Waals surface area contributed by atoms with Gasteiger partial charge in [0.05, 0.1) is 5.56 Å². The topological polar surface area (TPSA) is 83.1 Å². The zero-order valence-electron chi connectivity index (χ0n) is 11.1. The van der Waals surface area contributed by atoms with E-state index < -0.39 is 6.04 Å². The van der Waals surface area contributed by atoms with Crippen LogP contribution in [-0.2, 0) is 4.79 Å². The summed E-state index contributed by atoms with van der Waals surface area (Å²) < 4.78 is 0. The van der Waals surface area contributed by atoms with Gasteiger partial charge in [0.2, 0.25) is 5.91 Å². The zero-order chi connectivity index (χ0) is 13.8. The van der Waals surface area contributed by atoms with Crippen molar-refractivity contribution < 1.29 is 9.59 Å². The maximum Gasteiger partial charge on any atom is 0.255 e. The molecule has 1 aromatic rings. The van der Waals surface area contributed by atoms with E-state index >= 15 is 0 Å². The van der Waals surface area contributed by atoms with E-state index in [1.54, 1.807) is 26.2 Å². The maximum atomic E-state index is 12.1. The van der Waals surface area contributed by atoms with Crippen LogP contribution in [0.25, 0.3) is 0 Å².